The number of rotatable bonds is 4. The Morgan fingerprint density at radius 1 is 1.19 bits per heavy atom. The van der Waals surface area contributed by atoms with E-state index in [9.17, 15) is 9.59 Å². The van der Waals surface area contributed by atoms with Crippen LogP contribution in [0.3, 0.4) is 0 Å². The van der Waals surface area contributed by atoms with Crippen molar-refractivity contribution < 1.29 is 19.1 Å². The zero-order valence-corrected chi connectivity index (χ0v) is 12.2. The summed E-state index contributed by atoms with van der Waals surface area (Å²) in [6.45, 7) is 4.96. The van der Waals surface area contributed by atoms with Gasteiger partial charge in [0.25, 0.3) is 0 Å². The minimum Gasteiger partial charge on any atom is -0.486 e. The van der Waals surface area contributed by atoms with E-state index in [0.717, 1.165) is 0 Å². The Morgan fingerprint density at radius 2 is 1.86 bits per heavy atom. The van der Waals surface area contributed by atoms with Crippen LogP contribution < -0.4 is 20.1 Å². The van der Waals surface area contributed by atoms with Crippen molar-refractivity contribution in [3.8, 4) is 11.5 Å². The van der Waals surface area contributed by atoms with Gasteiger partial charge in [0.05, 0.1) is 6.54 Å². The van der Waals surface area contributed by atoms with Crippen molar-refractivity contribution in [3.63, 3.8) is 0 Å². The highest BCUT2D eigenvalue weighted by Gasteiger charge is 2.22. The lowest BCUT2D eigenvalue weighted by Crippen LogP contribution is -2.46. The molecule has 2 rings (SSSR count). The van der Waals surface area contributed by atoms with Crippen molar-refractivity contribution in [2.24, 2.45) is 5.92 Å². The Balaban J connectivity index is 1.76. The summed E-state index contributed by atoms with van der Waals surface area (Å²) in [5.74, 6) is 0.356. The predicted molar refractivity (Wildman–Crippen MR) is 77.2 cm³/mol. The maximum absolute atomic E-state index is 11.6. The van der Waals surface area contributed by atoms with Gasteiger partial charge in [-0.1, -0.05) is 26.0 Å². The molecule has 1 atom stereocenters. The smallest absolute Gasteiger partial charge is 0.309 e. The van der Waals surface area contributed by atoms with Crippen LogP contribution in [0.25, 0.3) is 0 Å². The van der Waals surface area contributed by atoms with Gasteiger partial charge in [-0.2, -0.15) is 0 Å². The van der Waals surface area contributed by atoms with Crippen LogP contribution in [0.4, 0.5) is 0 Å². The topological polar surface area (TPSA) is 76.7 Å². The summed E-state index contributed by atoms with van der Waals surface area (Å²) in [6.07, 6.45) is -0.304. The van der Waals surface area contributed by atoms with E-state index >= 15 is 0 Å². The molecule has 2 N–H and O–H groups in total. The molecule has 1 aliphatic rings. The largest absolute Gasteiger partial charge is 0.486 e. The molecule has 0 saturated carbocycles. The van der Waals surface area contributed by atoms with E-state index in [1.807, 2.05) is 32.0 Å². The minimum absolute atomic E-state index is 0.224. The van der Waals surface area contributed by atoms with Crippen LogP contribution in [0, 0.1) is 5.92 Å². The monoisotopic (exact) mass is 292 g/mol. The number of hydrogen-bond donors (Lipinski definition) is 2. The van der Waals surface area contributed by atoms with E-state index in [1.165, 1.54) is 0 Å². The van der Waals surface area contributed by atoms with Crippen LogP contribution in [0.2, 0.25) is 0 Å². The number of fused-ring (bicyclic) bond motifs is 1. The maximum Gasteiger partial charge on any atom is 0.309 e. The van der Waals surface area contributed by atoms with Gasteiger partial charge >= 0.3 is 11.8 Å². The Labute approximate surface area is 123 Å². The zero-order chi connectivity index (χ0) is 15.2. The highest BCUT2D eigenvalue weighted by molar-refractivity contribution is 6.35. The summed E-state index contributed by atoms with van der Waals surface area (Å²) in [6, 6.07) is 7.34. The molecular weight excluding hydrogens is 272 g/mol. The third-order valence-electron chi connectivity index (χ3n) is 2.93. The van der Waals surface area contributed by atoms with Crippen LogP contribution in [0.5, 0.6) is 11.5 Å². The Kier molecular flexibility index (Phi) is 5.03. The molecule has 1 heterocycles. The second kappa shape index (κ2) is 6.97. The molecule has 114 valence electrons. The first-order chi connectivity index (χ1) is 10.1. The molecular formula is C15H20N2O4. The van der Waals surface area contributed by atoms with Crippen LogP contribution in [0.1, 0.15) is 13.8 Å². The average Bonchev–Trinajstić information content (AvgIpc) is 2.49. The first kappa shape index (κ1) is 15.2. The van der Waals surface area contributed by atoms with Crippen molar-refractivity contribution >= 4 is 11.8 Å². The van der Waals surface area contributed by atoms with E-state index in [-0.39, 0.29) is 12.6 Å². The fraction of sp³-hybridized carbons (Fsp3) is 0.467. The summed E-state index contributed by atoms with van der Waals surface area (Å²) in [4.78, 5) is 23.1. The van der Waals surface area contributed by atoms with E-state index in [2.05, 4.69) is 10.6 Å². The summed E-state index contributed by atoms with van der Waals surface area (Å²) in [5, 5.41) is 5.11. The van der Waals surface area contributed by atoms with Gasteiger partial charge in [-0.15, -0.1) is 0 Å². The molecule has 0 saturated heterocycles. The normalized spacial score (nSPS) is 16.4. The fourth-order valence-electron chi connectivity index (χ4n) is 1.83. The average molecular weight is 292 g/mol. The lowest BCUT2D eigenvalue weighted by molar-refractivity contribution is -0.139. The second-order valence-corrected chi connectivity index (χ2v) is 5.31. The quantitative estimate of drug-likeness (QED) is 0.802. The van der Waals surface area contributed by atoms with Crippen LogP contribution in [-0.2, 0) is 9.59 Å². The lowest BCUT2D eigenvalue weighted by Gasteiger charge is -2.26. The molecule has 6 nitrogen and oxygen atoms in total. The molecule has 0 bridgehead atoms. The van der Waals surface area contributed by atoms with E-state index in [0.29, 0.717) is 30.6 Å². The van der Waals surface area contributed by atoms with Crippen molar-refractivity contribution in [2.45, 2.75) is 20.0 Å². The van der Waals surface area contributed by atoms with Gasteiger partial charge in [0.15, 0.2) is 11.5 Å². The molecule has 0 fully saturated rings. The summed E-state index contributed by atoms with van der Waals surface area (Å²) in [5.41, 5.74) is 0. The van der Waals surface area contributed by atoms with Gasteiger partial charge in [0.2, 0.25) is 0 Å². The number of carbonyl (C=O) groups excluding carboxylic acids is 2. The van der Waals surface area contributed by atoms with Crippen molar-refractivity contribution in [2.75, 3.05) is 19.7 Å². The Hall–Kier alpha value is -2.24. The Bertz CT molecular complexity index is 516. The Morgan fingerprint density at radius 3 is 2.57 bits per heavy atom. The van der Waals surface area contributed by atoms with E-state index in [1.54, 1.807) is 6.07 Å². The number of benzene rings is 1. The second-order valence-electron chi connectivity index (χ2n) is 5.31. The molecule has 0 spiro atoms. The standard InChI is InChI=1S/C15H20N2O4/c1-10(2)7-16-14(18)15(19)17-8-11-9-20-12-5-3-4-6-13(12)21-11/h3-6,10-11H,7-9H2,1-2H3,(H,16,18)(H,17,19). The van der Waals surface area contributed by atoms with Crippen LogP contribution in [0.15, 0.2) is 24.3 Å². The first-order valence-electron chi connectivity index (χ1n) is 7.00. The van der Waals surface area contributed by atoms with Crippen molar-refractivity contribution in [1.82, 2.24) is 10.6 Å². The highest BCUT2D eigenvalue weighted by Crippen LogP contribution is 2.30. The van der Waals surface area contributed by atoms with Crippen LogP contribution in [-0.4, -0.2) is 37.6 Å². The van der Waals surface area contributed by atoms with E-state index in [4.69, 9.17) is 9.47 Å². The summed E-state index contributed by atoms with van der Waals surface area (Å²) >= 11 is 0. The SMILES string of the molecule is CC(C)CNC(=O)C(=O)NCC1COc2ccccc2O1. The number of ether oxygens (including phenoxy) is 2. The van der Waals surface area contributed by atoms with Crippen molar-refractivity contribution in [1.29, 1.82) is 0 Å². The van der Waals surface area contributed by atoms with Gasteiger partial charge in [0.1, 0.15) is 12.7 Å². The molecule has 0 aromatic heterocycles. The van der Waals surface area contributed by atoms with Gasteiger partial charge in [0, 0.05) is 6.54 Å². The van der Waals surface area contributed by atoms with Gasteiger partial charge in [-0.25, -0.2) is 0 Å². The molecule has 1 aliphatic heterocycles. The molecule has 2 amide bonds. The van der Waals surface area contributed by atoms with E-state index < -0.39 is 11.8 Å². The lowest BCUT2D eigenvalue weighted by atomic mass is 10.2. The zero-order valence-electron chi connectivity index (χ0n) is 12.2. The molecule has 0 aliphatic carbocycles. The molecule has 1 unspecified atom stereocenters. The maximum atomic E-state index is 11.6. The highest BCUT2D eigenvalue weighted by atomic mass is 16.6. The van der Waals surface area contributed by atoms with Gasteiger partial charge < -0.3 is 20.1 Å². The number of amides is 2. The van der Waals surface area contributed by atoms with Gasteiger partial charge in [-0.3, -0.25) is 9.59 Å². The third kappa shape index (κ3) is 4.37. The number of para-hydroxylation sites is 2. The summed E-state index contributed by atoms with van der Waals surface area (Å²) < 4.78 is 11.2. The van der Waals surface area contributed by atoms with Gasteiger partial charge in [-0.05, 0) is 18.1 Å². The molecule has 21 heavy (non-hydrogen) atoms. The van der Waals surface area contributed by atoms with Crippen LogP contribution >= 0.6 is 0 Å². The molecule has 1 aromatic rings. The molecule has 6 heteroatoms. The molecule has 0 radical (unpaired) electrons. The molecule has 1 aromatic carbocycles. The number of hydrogen-bond acceptors (Lipinski definition) is 4. The minimum atomic E-state index is -0.655. The number of carbonyl (C=O) groups is 2. The predicted octanol–water partition coefficient (Wildman–Crippen LogP) is 0.715. The summed E-state index contributed by atoms with van der Waals surface area (Å²) in [7, 11) is 0. The number of nitrogens with one attached hydrogen (secondary N) is 2. The third-order valence-corrected chi connectivity index (χ3v) is 2.93. The van der Waals surface area contributed by atoms with Crippen molar-refractivity contribution in [3.05, 3.63) is 24.3 Å². The fourth-order valence-corrected chi connectivity index (χ4v) is 1.83. The first-order valence-corrected chi connectivity index (χ1v) is 7.00.